The summed E-state index contributed by atoms with van der Waals surface area (Å²) >= 11 is 0. The number of carboxylic acids is 1. The third-order valence-corrected chi connectivity index (χ3v) is 6.68. The van der Waals surface area contributed by atoms with Crippen molar-refractivity contribution < 1.29 is 23.1 Å². The zero-order chi connectivity index (χ0) is 18.2. The number of fused-ring (bicyclic) bond motifs is 1. The summed E-state index contributed by atoms with van der Waals surface area (Å²) in [6, 6.07) is 4.83. The normalized spacial score (nSPS) is 26.3. The summed E-state index contributed by atoms with van der Waals surface area (Å²) in [6.45, 7) is 0. The van der Waals surface area contributed by atoms with E-state index in [1.807, 2.05) is 0 Å². The van der Waals surface area contributed by atoms with Gasteiger partial charge in [-0.1, -0.05) is 18.9 Å². The van der Waals surface area contributed by atoms with Crippen LogP contribution in [0.25, 0.3) is 0 Å². The molecule has 1 saturated carbocycles. The van der Waals surface area contributed by atoms with E-state index in [0.29, 0.717) is 6.42 Å². The van der Waals surface area contributed by atoms with E-state index in [0.717, 1.165) is 25.7 Å². The fraction of sp³-hybridized carbons (Fsp3) is 0.529. The molecule has 2 fully saturated rings. The number of carbonyl (C=O) groups excluding carboxylic acids is 1. The van der Waals surface area contributed by atoms with Crippen molar-refractivity contribution in [2.24, 2.45) is 5.92 Å². The Balaban J connectivity index is 1.96. The van der Waals surface area contributed by atoms with Crippen molar-refractivity contribution in [3.05, 3.63) is 29.8 Å². The van der Waals surface area contributed by atoms with Gasteiger partial charge in [0.2, 0.25) is 10.0 Å². The smallest absolute Gasteiger partial charge is 0.326 e. The Labute approximate surface area is 147 Å². The van der Waals surface area contributed by atoms with E-state index in [1.54, 1.807) is 0 Å². The Bertz CT molecular complexity index is 792. The van der Waals surface area contributed by atoms with Gasteiger partial charge in [-0.2, -0.15) is 0 Å². The van der Waals surface area contributed by atoms with Gasteiger partial charge in [-0.3, -0.25) is 4.79 Å². The molecule has 1 aliphatic heterocycles. The molecule has 7 nitrogen and oxygen atoms in total. The number of benzene rings is 1. The first-order chi connectivity index (χ1) is 11.8. The van der Waals surface area contributed by atoms with Gasteiger partial charge in [-0.05, 0) is 50.4 Å². The SMILES string of the molecule is CNS(=O)(=O)c1cccc(C(=O)N2[C@H](C(=O)O)C[C@@H]3CCCC[C@@H]32)c1. The lowest BCUT2D eigenvalue weighted by Crippen LogP contribution is -2.46. The maximum atomic E-state index is 13.0. The zero-order valence-electron chi connectivity index (χ0n) is 14.0. The lowest BCUT2D eigenvalue weighted by Gasteiger charge is -2.33. The highest BCUT2D eigenvalue weighted by Crippen LogP contribution is 2.40. The predicted molar refractivity (Wildman–Crippen MR) is 90.6 cm³/mol. The maximum Gasteiger partial charge on any atom is 0.326 e. The average Bonchev–Trinajstić information content (AvgIpc) is 3.01. The first-order valence-corrected chi connectivity index (χ1v) is 9.92. The van der Waals surface area contributed by atoms with Crippen LogP contribution in [0.4, 0.5) is 0 Å². The van der Waals surface area contributed by atoms with Gasteiger partial charge in [0.25, 0.3) is 5.91 Å². The molecule has 8 heteroatoms. The molecule has 136 valence electrons. The summed E-state index contributed by atoms with van der Waals surface area (Å²) in [7, 11) is -2.37. The van der Waals surface area contributed by atoms with Gasteiger partial charge in [0.1, 0.15) is 6.04 Å². The first-order valence-electron chi connectivity index (χ1n) is 8.44. The molecule has 2 N–H and O–H groups in total. The molecule has 3 atom stereocenters. The van der Waals surface area contributed by atoms with Crippen LogP contribution < -0.4 is 4.72 Å². The highest BCUT2D eigenvalue weighted by Gasteiger charge is 2.47. The highest BCUT2D eigenvalue weighted by atomic mass is 32.2. The molecule has 1 saturated heterocycles. The zero-order valence-corrected chi connectivity index (χ0v) is 14.8. The Morgan fingerprint density at radius 3 is 2.64 bits per heavy atom. The van der Waals surface area contributed by atoms with Crippen molar-refractivity contribution in [3.63, 3.8) is 0 Å². The molecule has 1 aliphatic carbocycles. The van der Waals surface area contributed by atoms with Crippen LogP contribution in [0.2, 0.25) is 0 Å². The van der Waals surface area contributed by atoms with Gasteiger partial charge >= 0.3 is 5.97 Å². The van der Waals surface area contributed by atoms with Crippen molar-refractivity contribution in [3.8, 4) is 0 Å². The van der Waals surface area contributed by atoms with Crippen molar-refractivity contribution in [1.29, 1.82) is 0 Å². The van der Waals surface area contributed by atoms with Crippen LogP contribution in [0.1, 0.15) is 42.5 Å². The van der Waals surface area contributed by atoms with E-state index >= 15 is 0 Å². The summed E-state index contributed by atoms with van der Waals surface area (Å²) in [4.78, 5) is 26.2. The lowest BCUT2D eigenvalue weighted by molar-refractivity contribution is -0.141. The number of aliphatic carboxylic acids is 1. The average molecular weight is 366 g/mol. The summed E-state index contributed by atoms with van der Waals surface area (Å²) in [6.07, 6.45) is 4.25. The fourth-order valence-electron chi connectivity index (χ4n) is 4.04. The Kier molecular flexibility index (Phi) is 4.83. The predicted octanol–water partition coefficient (Wildman–Crippen LogP) is 1.45. The van der Waals surface area contributed by atoms with Crippen LogP contribution in [-0.2, 0) is 14.8 Å². The minimum Gasteiger partial charge on any atom is -0.480 e. The van der Waals surface area contributed by atoms with Gasteiger partial charge in [0.05, 0.1) is 4.90 Å². The molecule has 1 aromatic rings. The first kappa shape index (κ1) is 17.9. The Hall–Kier alpha value is -1.93. The molecule has 0 radical (unpaired) electrons. The van der Waals surface area contributed by atoms with Gasteiger partial charge < -0.3 is 10.0 Å². The topological polar surface area (TPSA) is 104 Å². The summed E-state index contributed by atoms with van der Waals surface area (Å²) in [5, 5.41) is 9.55. The quantitative estimate of drug-likeness (QED) is 0.839. The number of sulfonamides is 1. The van der Waals surface area contributed by atoms with Crippen LogP contribution in [0, 0.1) is 5.92 Å². The minimum absolute atomic E-state index is 0.00730. The molecule has 2 aliphatic rings. The number of nitrogens with zero attached hydrogens (tertiary/aromatic N) is 1. The summed E-state index contributed by atoms with van der Waals surface area (Å²) < 4.78 is 26.2. The number of nitrogens with one attached hydrogen (secondary N) is 1. The molecule has 0 aromatic heterocycles. The van der Waals surface area contributed by atoms with Crippen LogP contribution in [0.5, 0.6) is 0 Å². The maximum absolute atomic E-state index is 13.0. The molecule has 0 unspecified atom stereocenters. The van der Waals surface area contributed by atoms with E-state index in [2.05, 4.69) is 4.72 Å². The van der Waals surface area contributed by atoms with E-state index in [1.165, 1.54) is 36.2 Å². The van der Waals surface area contributed by atoms with Crippen molar-refractivity contribution >= 4 is 21.9 Å². The number of carbonyl (C=O) groups is 2. The fourth-order valence-corrected chi connectivity index (χ4v) is 4.81. The van der Waals surface area contributed by atoms with Crippen molar-refractivity contribution in [1.82, 2.24) is 9.62 Å². The van der Waals surface area contributed by atoms with Crippen molar-refractivity contribution in [2.75, 3.05) is 7.05 Å². The molecule has 1 aromatic carbocycles. The number of amides is 1. The number of carboxylic acid groups (broad SMARTS) is 1. The number of rotatable bonds is 4. The van der Waals surface area contributed by atoms with E-state index < -0.39 is 27.9 Å². The largest absolute Gasteiger partial charge is 0.480 e. The Morgan fingerprint density at radius 1 is 1.24 bits per heavy atom. The summed E-state index contributed by atoms with van der Waals surface area (Å²) in [5.41, 5.74) is 0.203. The van der Waals surface area contributed by atoms with Crippen LogP contribution in [0.3, 0.4) is 0 Å². The molecule has 0 spiro atoms. The molecule has 1 amide bonds. The van der Waals surface area contributed by atoms with Crippen LogP contribution >= 0.6 is 0 Å². The third kappa shape index (κ3) is 3.28. The van der Waals surface area contributed by atoms with Crippen LogP contribution in [0.15, 0.2) is 29.2 Å². The molecular weight excluding hydrogens is 344 g/mol. The van der Waals surface area contributed by atoms with Gasteiger partial charge in [-0.15, -0.1) is 0 Å². The molecule has 0 bridgehead atoms. The summed E-state index contributed by atoms with van der Waals surface area (Å²) in [5.74, 6) is -1.19. The second kappa shape index (κ2) is 6.76. The van der Waals surface area contributed by atoms with Gasteiger partial charge in [0, 0.05) is 11.6 Å². The highest BCUT2D eigenvalue weighted by molar-refractivity contribution is 7.89. The lowest BCUT2D eigenvalue weighted by atomic mass is 9.84. The number of hydrogen-bond acceptors (Lipinski definition) is 4. The van der Waals surface area contributed by atoms with E-state index in [9.17, 15) is 23.1 Å². The standard InChI is InChI=1S/C17H22N2O5S/c1-18-25(23,24)13-7-4-6-12(9-13)16(20)19-14-8-3-2-5-11(14)10-15(19)17(21)22/h4,6-7,9,11,14-15,18H,2-3,5,8,10H2,1H3,(H,21,22)/t11-,14-,15-/m0/s1. The molecular formula is C17H22N2O5S. The van der Waals surface area contributed by atoms with Crippen molar-refractivity contribution in [2.45, 2.75) is 49.1 Å². The molecule has 25 heavy (non-hydrogen) atoms. The van der Waals surface area contributed by atoms with Crippen LogP contribution in [-0.4, -0.2) is 49.4 Å². The number of hydrogen-bond donors (Lipinski definition) is 2. The minimum atomic E-state index is -3.67. The second-order valence-electron chi connectivity index (χ2n) is 6.65. The van der Waals surface area contributed by atoms with E-state index in [-0.39, 0.29) is 22.4 Å². The van der Waals surface area contributed by atoms with Gasteiger partial charge in [0.15, 0.2) is 0 Å². The molecule has 1 heterocycles. The Morgan fingerprint density at radius 2 is 1.96 bits per heavy atom. The van der Waals surface area contributed by atoms with Gasteiger partial charge in [-0.25, -0.2) is 17.9 Å². The monoisotopic (exact) mass is 366 g/mol. The third-order valence-electron chi connectivity index (χ3n) is 5.27. The van der Waals surface area contributed by atoms with E-state index in [4.69, 9.17) is 0 Å². The molecule has 3 rings (SSSR count). The second-order valence-corrected chi connectivity index (χ2v) is 8.54. The number of likely N-dealkylation sites (tertiary alicyclic amines) is 1.